The normalized spacial score (nSPS) is 11.7. The van der Waals surface area contributed by atoms with Crippen molar-refractivity contribution in [2.45, 2.75) is 19.8 Å². The van der Waals surface area contributed by atoms with Gasteiger partial charge in [0, 0.05) is 13.0 Å². The van der Waals surface area contributed by atoms with E-state index in [0.717, 1.165) is 17.5 Å². The van der Waals surface area contributed by atoms with Crippen LogP contribution in [0, 0.1) is 6.92 Å². The second kappa shape index (κ2) is 6.42. The number of nitrogens with one attached hydrogen (secondary N) is 1. The summed E-state index contributed by atoms with van der Waals surface area (Å²) in [4.78, 5) is 4.19. The second-order valence-corrected chi connectivity index (χ2v) is 7.27. The van der Waals surface area contributed by atoms with Gasteiger partial charge in [0.15, 0.2) is 11.5 Å². The number of aromatic nitrogens is 1. The Kier molecular flexibility index (Phi) is 4.34. The van der Waals surface area contributed by atoms with Gasteiger partial charge in [-0.2, -0.15) is 0 Å². The van der Waals surface area contributed by atoms with Crippen LogP contribution in [-0.2, 0) is 16.4 Å². The number of benzene rings is 2. The van der Waals surface area contributed by atoms with Gasteiger partial charge in [0.05, 0.1) is 11.4 Å². The number of hydrogen-bond donors (Lipinski definition) is 1. The van der Waals surface area contributed by atoms with Gasteiger partial charge in [-0.1, -0.05) is 30.3 Å². The lowest BCUT2D eigenvalue weighted by Gasteiger charge is -2.08. The molecule has 0 unspecified atom stereocenters. The van der Waals surface area contributed by atoms with Crippen LogP contribution in [0.15, 0.2) is 52.9 Å². The molecular formula is C17H18N2O3S. The van der Waals surface area contributed by atoms with Crippen LogP contribution >= 0.6 is 0 Å². The number of sulfonamides is 1. The van der Waals surface area contributed by atoms with E-state index in [-0.39, 0.29) is 5.75 Å². The van der Waals surface area contributed by atoms with Crippen LogP contribution in [0.2, 0.25) is 0 Å². The summed E-state index contributed by atoms with van der Waals surface area (Å²) in [6.45, 7) is 1.76. The second-order valence-electron chi connectivity index (χ2n) is 5.43. The van der Waals surface area contributed by atoms with E-state index < -0.39 is 10.0 Å². The highest BCUT2D eigenvalue weighted by atomic mass is 32.2. The Morgan fingerprint density at radius 3 is 2.70 bits per heavy atom. The molecule has 0 amide bonds. The lowest BCUT2D eigenvalue weighted by atomic mass is 10.1. The van der Waals surface area contributed by atoms with Gasteiger partial charge in [0.2, 0.25) is 10.0 Å². The summed E-state index contributed by atoms with van der Waals surface area (Å²) in [5.41, 5.74) is 2.93. The van der Waals surface area contributed by atoms with Crippen LogP contribution in [0.1, 0.15) is 17.9 Å². The molecule has 5 nitrogen and oxygen atoms in total. The first-order valence-corrected chi connectivity index (χ1v) is 9.09. The molecule has 2 aromatic carbocycles. The first-order valence-electron chi connectivity index (χ1n) is 7.43. The zero-order valence-corrected chi connectivity index (χ0v) is 13.6. The molecule has 0 bridgehead atoms. The Labute approximate surface area is 135 Å². The van der Waals surface area contributed by atoms with Crippen molar-refractivity contribution in [2.24, 2.45) is 0 Å². The van der Waals surface area contributed by atoms with Crippen LogP contribution in [0.25, 0.3) is 11.1 Å². The molecule has 0 fully saturated rings. The fourth-order valence-electron chi connectivity index (χ4n) is 2.44. The van der Waals surface area contributed by atoms with Crippen molar-refractivity contribution in [3.63, 3.8) is 0 Å². The number of aryl methyl sites for hydroxylation is 2. The Hall–Kier alpha value is -2.34. The van der Waals surface area contributed by atoms with E-state index in [1.165, 1.54) is 0 Å². The monoisotopic (exact) mass is 330 g/mol. The van der Waals surface area contributed by atoms with E-state index in [1.54, 1.807) is 25.1 Å². The average molecular weight is 330 g/mol. The molecule has 120 valence electrons. The van der Waals surface area contributed by atoms with E-state index in [2.05, 4.69) is 9.71 Å². The van der Waals surface area contributed by atoms with Gasteiger partial charge >= 0.3 is 0 Å². The molecule has 1 aromatic heterocycles. The fraction of sp³-hybridized carbons (Fsp3) is 0.235. The molecule has 0 aliphatic carbocycles. The molecule has 0 spiro atoms. The zero-order chi connectivity index (χ0) is 16.3. The van der Waals surface area contributed by atoms with Gasteiger partial charge in [0.1, 0.15) is 5.52 Å². The average Bonchev–Trinajstić information content (AvgIpc) is 2.87. The van der Waals surface area contributed by atoms with Crippen molar-refractivity contribution >= 4 is 26.8 Å². The number of nitrogens with zero attached hydrogens (tertiary/aromatic N) is 1. The van der Waals surface area contributed by atoms with Crippen molar-refractivity contribution in [2.75, 3.05) is 10.5 Å². The molecule has 1 N–H and O–H groups in total. The van der Waals surface area contributed by atoms with E-state index in [9.17, 15) is 8.42 Å². The molecule has 0 saturated carbocycles. The molecule has 0 radical (unpaired) electrons. The van der Waals surface area contributed by atoms with Crippen LogP contribution in [0.3, 0.4) is 0 Å². The van der Waals surface area contributed by atoms with Gasteiger partial charge in [-0.15, -0.1) is 0 Å². The molecule has 6 heteroatoms. The summed E-state index contributed by atoms with van der Waals surface area (Å²) < 4.78 is 32.4. The number of fused-ring (bicyclic) bond motifs is 1. The topological polar surface area (TPSA) is 72.2 Å². The lowest BCUT2D eigenvalue weighted by Crippen LogP contribution is -2.17. The molecule has 0 aliphatic heterocycles. The highest BCUT2D eigenvalue weighted by Gasteiger charge is 2.12. The van der Waals surface area contributed by atoms with Crippen molar-refractivity contribution in [1.82, 2.24) is 4.98 Å². The van der Waals surface area contributed by atoms with Gasteiger partial charge in [-0.05, 0) is 30.5 Å². The van der Waals surface area contributed by atoms with Crippen LogP contribution in [0.4, 0.5) is 5.69 Å². The van der Waals surface area contributed by atoms with Crippen molar-refractivity contribution in [3.8, 4) is 0 Å². The zero-order valence-electron chi connectivity index (χ0n) is 12.8. The molecule has 3 aromatic rings. The fourth-order valence-corrected chi connectivity index (χ4v) is 3.56. The molecule has 1 heterocycles. The highest BCUT2D eigenvalue weighted by molar-refractivity contribution is 7.92. The van der Waals surface area contributed by atoms with E-state index in [4.69, 9.17) is 4.42 Å². The van der Waals surface area contributed by atoms with Crippen molar-refractivity contribution < 1.29 is 12.8 Å². The minimum absolute atomic E-state index is 0.0787. The first kappa shape index (κ1) is 15.6. The summed E-state index contributed by atoms with van der Waals surface area (Å²) in [6.07, 6.45) is 1.31. The predicted molar refractivity (Wildman–Crippen MR) is 90.9 cm³/mol. The summed E-state index contributed by atoms with van der Waals surface area (Å²) in [5, 5.41) is 0. The smallest absolute Gasteiger partial charge is 0.232 e. The maximum absolute atomic E-state index is 12.2. The summed E-state index contributed by atoms with van der Waals surface area (Å²) in [5.74, 6) is 0.637. The highest BCUT2D eigenvalue weighted by Crippen LogP contribution is 2.20. The van der Waals surface area contributed by atoms with Gasteiger partial charge in [-0.25, -0.2) is 13.4 Å². The molecule has 0 aliphatic rings. The molecule has 0 saturated heterocycles. The summed E-state index contributed by atoms with van der Waals surface area (Å²) in [7, 11) is -3.38. The Morgan fingerprint density at radius 2 is 1.91 bits per heavy atom. The van der Waals surface area contributed by atoms with Gasteiger partial charge in [0.25, 0.3) is 0 Å². The third-order valence-electron chi connectivity index (χ3n) is 3.49. The third-order valence-corrected chi connectivity index (χ3v) is 4.86. The minimum atomic E-state index is -3.38. The van der Waals surface area contributed by atoms with Crippen molar-refractivity contribution in [1.29, 1.82) is 0 Å². The Morgan fingerprint density at radius 1 is 1.13 bits per heavy atom. The third kappa shape index (κ3) is 4.10. The van der Waals surface area contributed by atoms with E-state index in [0.29, 0.717) is 23.6 Å². The standard InChI is InChI=1S/C17H18N2O3S/c1-13-18-16-10-9-15(12-17(16)22-13)19-23(20,21)11-5-8-14-6-3-2-4-7-14/h2-4,6-7,9-10,12,19H,5,8,11H2,1H3. The molecule has 0 atom stereocenters. The van der Waals surface area contributed by atoms with E-state index in [1.807, 2.05) is 30.3 Å². The molecular weight excluding hydrogens is 312 g/mol. The molecule has 23 heavy (non-hydrogen) atoms. The predicted octanol–water partition coefficient (Wildman–Crippen LogP) is 3.51. The Bertz CT molecular complexity index is 902. The number of anilines is 1. The first-order chi connectivity index (χ1) is 11.0. The van der Waals surface area contributed by atoms with E-state index >= 15 is 0 Å². The van der Waals surface area contributed by atoms with Crippen LogP contribution in [0.5, 0.6) is 0 Å². The number of hydrogen-bond acceptors (Lipinski definition) is 4. The molecule has 3 rings (SSSR count). The summed E-state index contributed by atoms with van der Waals surface area (Å²) in [6, 6.07) is 15.0. The van der Waals surface area contributed by atoms with Crippen molar-refractivity contribution in [3.05, 3.63) is 60.0 Å². The lowest BCUT2D eigenvalue weighted by molar-refractivity contribution is 0.561. The maximum Gasteiger partial charge on any atom is 0.232 e. The quantitative estimate of drug-likeness (QED) is 0.750. The summed E-state index contributed by atoms with van der Waals surface area (Å²) >= 11 is 0. The van der Waals surface area contributed by atoms with Crippen LogP contribution < -0.4 is 4.72 Å². The largest absolute Gasteiger partial charge is 0.441 e. The van der Waals surface area contributed by atoms with Gasteiger partial charge < -0.3 is 4.42 Å². The maximum atomic E-state index is 12.2. The number of oxazole rings is 1. The minimum Gasteiger partial charge on any atom is -0.441 e. The van der Waals surface area contributed by atoms with Gasteiger partial charge in [-0.3, -0.25) is 4.72 Å². The number of rotatable bonds is 6. The SMILES string of the molecule is Cc1nc2ccc(NS(=O)(=O)CCCc3ccccc3)cc2o1. The Balaban J connectivity index is 1.62. The van der Waals surface area contributed by atoms with Crippen LogP contribution in [-0.4, -0.2) is 19.2 Å².